The van der Waals surface area contributed by atoms with Crippen molar-refractivity contribution in [1.29, 1.82) is 0 Å². The Balaban J connectivity index is 2.04. The molecule has 0 spiro atoms. The first-order valence-electron chi connectivity index (χ1n) is 6.07. The molecule has 0 aliphatic carbocycles. The molecule has 1 heterocycles. The Kier molecular flexibility index (Phi) is 4.77. The van der Waals surface area contributed by atoms with Gasteiger partial charge < -0.3 is 9.73 Å². The molecule has 3 nitrogen and oxygen atoms in total. The summed E-state index contributed by atoms with van der Waals surface area (Å²) < 4.78 is 6.93. The second kappa shape index (κ2) is 6.33. The maximum absolute atomic E-state index is 5.75. The van der Waals surface area contributed by atoms with Gasteiger partial charge in [0.2, 0.25) is 5.89 Å². The van der Waals surface area contributed by atoms with E-state index < -0.39 is 0 Å². The number of hydrogen-bond donors (Lipinski definition) is 1. The standard InChI is InChI=1S/C14H17IN2O/c1-10(2)7-16-9-14-17-8-13(18-14)11-5-3-4-6-12(11)15/h3-6,8,10,16H,7,9H2,1-2H3. The molecule has 0 aliphatic rings. The monoisotopic (exact) mass is 356 g/mol. The summed E-state index contributed by atoms with van der Waals surface area (Å²) in [6, 6.07) is 8.14. The van der Waals surface area contributed by atoms with Crippen molar-refractivity contribution in [3.05, 3.63) is 39.9 Å². The van der Waals surface area contributed by atoms with Gasteiger partial charge >= 0.3 is 0 Å². The molecule has 2 rings (SSSR count). The zero-order valence-corrected chi connectivity index (χ0v) is 12.8. The van der Waals surface area contributed by atoms with Crippen LogP contribution in [0.4, 0.5) is 0 Å². The Hall–Kier alpha value is -0.880. The van der Waals surface area contributed by atoms with Crippen molar-refractivity contribution in [1.82, 2.24) is 10.3 Å². The van der Waals surface area contributed by atoms with Crippen molar-refractivity contribution < 1.29 is 4.42 Å². The maximum atomic E-state index is 5.75. The molecule has 0 aliphatic heterocycles. The van der Waals surface area contributed by atoms with Gasteiger partial charge in [-0.1, -0.05) is 32.0 Å². The third-order valence-corrected chi connectivity index (χ3v) is 3.46. The van der Waals surface area contributed by atoms with Gasteiger partial charge in [0, 0.05) is 9.13 Å². The summed E-state index contributed by atoms with van der Waals surface area (Å²) in [6.45, 7) is 6.02. The smallest absolute Gasteiger partial charge is 0.208 e. The molecular formula is C14H17IN2O. The number of nitrogens with one attached hydrogen (secondary N) is 1. The topological polar surface area (TPSA) is 38.1 Å². The summed E-state index contributed by atoms with van der Waals surface area (Å²) in [5.74, 6) is 2.21. The molecule has 18 heavy (non-hydrogen) atoms. The Morgan fingerprint density at radius 3 is 2.83 bits per heavy atom. The molecule has 0 saturated carbocycles. The molecule has 2 aromatic rings. The largest absolute Gasteiger partial charge is 0.439 e. The van der Waals surface area contributed by atoms with Crippen LogP contribution in [-0.2, 0) is 6.54 Å². The van der Waals surface area contributed by atoms with E-state index >= 15 is 0 Å². The third-order valence-electron chi connectivity index (χ3n) is 2.52. The second-order valence-corrected chi connectivity index (χ2v) is 5.79. The van der Waals surface area contributed by atoms with Crippen molar-refractivity contribution in [2.75, 3.05) is 6.54 Å². The molecule has 1 aromatic carbocycles. The van der Waals surface area contributed by atoms with Crippen LogP contribution in [-0.4, -0.2) is 11.5 Å². The fourth-order valence-electron chi connectivity index (χ4n) is 1.65. The zero-order valence-electron chi connectivity index (χ0n) is 10.6. The predicted octanol–water partition coefficient (Wildman–Crippen LogP) is 3.69. The molecular weight excluding hydrogens is 339 g/mol. The van der Waals surface area contributed by atoms with Gasteiger partial charge in [-0.25, -0.2) is 4.98 Å². The van der Waals surface area contributed by atoms with Gasteiger partial charge in [0.25, 0.3) is 0 Å². The van der Waals surface area contributed by atoms with Gasteiger partial charge in [-0.3, -0.25) is 0 Å². The highest BCUT2D eigenvalue weighted by molar-refractivity contribution is 14.1. The average Bonchev–Trinajstić information content (AvgIpc) is 2.78. The number of oxazole rings is 1. The van der Waals surface area contributed by atoms with Crippen molar-refractivity contribution in [2.24, 2.45) is 5.92 Å². The Morgan fingerprint density at radius 1 is 1.33 bits per heavy atom. The van der Waals surface area contributed by atoms with Crippen molar-refractivity contribution >= 4 is 22.6 Å². The number of benzene rings is 1. The second-order valence-electron chi connectivity index (χ2n) is 4.62. The minimum absolute atomic E-state index is 0.634. The van der Waals surface area contributed by atoms with E-state index in [9.17, 15) is 0 Å². The van der Waals surface area contributed by atoms with Gasteiger partial charge in [-0.2, -0.15) is 0 Å². The maximum Gasteiger partial charge on any atom is 0.208 e. The molecule has 96 valence electrons. The van der Waals surface area contributed by atoms with E-state index in [1.165, 1.54) is 3.57 Å². The van der Waals surface area contributed by atoms with E-state index in [1.807, 2.05) is 18.2 Å². The van der Waals surface area contributed by atoms with Crippen molar-refractivity contribution in [3.8, 4) is 11.3 Å². The first-order valence-corrected chi connectivity index (χ1v) is 7.15. The van der Waals surface area contributed by atoms with Crippen LogP contribution in [0, 0.1) is 9.49 Å². The lowest BCUT2D eigenvalue weighted by Gasteiger charge is -2.04. The lowest BCUT2D eigenvalue weighted by atomic mass is 10.2. The van der Waals surface area contributed by atoms with Gasteiger partial charge in [-0.15, -0.1) is 0 Å². The molecule has 0 unspecified atom stereocenters. The van der Waals surface area contributed by atoms with E-state index in [2.05, 4.69) is 52.8 Å². The van der Waals surface area contributed by atoms with E-state index in [-0.39, 0.29) is 0 Å². The van der Waals surface area contributed by atoms with E-state index in [4.69, 9.17) is 4.42 Å². The Morgan fingerprint density at radius 2 is 2.11 bits per heavy atom. The number of aromatic nitrogens is 1. The van der Waals surface area contributed by atoms with Crippen LogP contribution in [0.1, 0.15) is 19.7 Å². The molecule has 0 amide bonds. The molecule has 0 bridgehead atoms. The zero-order chi connectivity index (χ0) is 13.0. The van der Waals surface area contributed by atoms with Crippen LogP contribution < -0.4 is 5.32 Å². The molecule has 0 radical (unpaired) electrons. The van der Waals surface area contributed by atoms with Crippen molar-refractivity contribution in [3.63, 3.8) is 0 Å². The summed E-state index contributed by atoms with van der Waals surface area (Å²) in [7, 11) is 0. The molecule has 0 fully saturated rings. The van der Waals surface area contributed by atoms with Crippen LogP contribution in [0.5, 0.6) is 0 Å². The van der Waals surface area contributed by atoms with Crippen LogP contribution in [0.15, 0.2) is 34.9 Å². The lowest BCUT2D eigenvalue weighted by Crippen LogP contribution is -2.18. The number of nitrogens with zero attached hydrogens (tertiary/aromatic N) is 1. The fourth-order valence-corrected chi connectivity index (χ4v) is 2.30. The van der Waals surface area contributed by atoms with E-state index in [1.54, 1.807) is 6.20 Å². The van der Waals surface area contributed by atoms with Crippen LogP contribution in [0.2, 0.25) is 0 Å². The van der Waals surface area contributed by atoms with Crippen LogP contribution >= 0.6 is 22.6 Å². The summed E-state index contributed by atoms with van der Waals surface area (Å²) in [4.78, 5) is 4.30. The minimum atomic E-state index is 0.634. The first-order chi connectivity index (χ1) is 8.66. The van der Waals surface area contributed by atoms with E-state index in [0.717, 1.165) is 23.8 Å². The van der Waals surface area contributed by atoms with Crippen LogP contribution in [0.25, 0.3) is 11.3 Å². The quantitative estimate of drug-likeness (QED) is 0.831. The highest BCUT2D eigenvalue weighted by atomic mass is 127. The summed E-state index contributed by atoms with van der Waals surface area (Å²) in [5.41, 5.74) is 1.10. The van der Waals surface area contributed by atoms with E-state index in [0.29, 0.717) is 12.5 Å². The highest BCUT2D eigenvalue weighted by Gasteiger charge is 2.08. The van der Waals surface area contributed by atoms with Gasteiger partial charge in [0.1, 0.15) is 0 Å². The number of hydrogen-bond acceptors (Lipinski definition) is 3. The molecule has 1 aromatic heterocycles. The SMILES string of the molecule is CC(C)CNCc1ncc(-c2ccccc2I)o1. The van der Waals surface area contributed by atoms with Crippen LogP contribution in [0.3, 0.4) is 0 Å². The normalized spacial score (nSPS) is 11.1. The summed E-state index contributed by atoms with van der Waals surface area (Å²) in [6.07, 6.45) is 1.80. The summed E-state index contributed by atoms with van der Waals surface area (Å²) in [5, 5.41) is 3.32. The highest BCUT2D eigenvalue weighted by Crippen LogP contribution is 2.25. The fraction of sp³-hybridized carbons (Fsp3) is 0.357. The summed E-state index contributed by atoms with van der Waals surface area (Å²) >= 11 is 2.31. The average molecular weight is 356 g/mol. The Labute approximate surface area is 121 Å². The lowest BCUT2D eigenvalue weighted by molar-refractivity contribution is 0.459. The van der Waals surface area contributed by atoms with Gasteiger partial charge in [0.05, 0.1) is 12.7 Å². The Bertz CT molecular complexity index is 508. The third kappa shape index (κ3) is 3.55. The molecule has 1 N–H and O–H groups in total. The molecule has 0 saturated heterocycles. The molecule has 4 heteroatoms. The number of rotatable bonds is 5. The predicted molar refractivity (Wildman–Crippen MR) is 81.2 cm³/mol. The van der Waals surface area contributed by atoms with Gasteiger partial charge in [-0.05, 0) is 41.1 Å². The first kappa shape index (κ1) is 13.5. The molecule has 0 atom stereocenters. The van der Waals surface area contributed by atoms with Gasteiger partial charge in [0.15, 0.2) is 5.76 Å². The number of halogens is 1. The van der Waals surface area contributed by atoms with Crippen molar-refractivity contribution in [2.45, 2.75) is 20.4 Å². The minimum Gasteiger partial charge on any atom is -0.439 e.